The minimum Gasteiger partial charge on any atom is -0.480 e. The monoisotopic (exact) mass is 368 g/mol. The second kappa shape index (κ2) is 8.98. The molecule has 1 saturated heterocycles. The van der Waals surface area contributed by atoms with Crippen molar-refractivity contribution in [3.8, 4) is 11.5 Å². The fraction of sp³-hybridized carbons (Fsp3) is 0.533. The van der Waals surface area contributed by atoms with Crippen molar-refractivity contribution in [1.82, 2.24) is 4.90 Å². The zero-order valence-electron chi connectivity index (χ0n) is 12.9. The van der Waals surface area contributed by atoms with Crippen molar-refractivity contribution in [2.45, 2.75) is 12.6 Å². The highest BCUT2D eigenvalue weighted by atomic mass is 35.5. The van der Waals surface area contributed by atoms with Crippen LogP contribution in [0.5, 0.6) is 11.5 Å². The number of para-hydroxylation sites is 2. The number of nitrogens with zero attached hydrogens (tertiary/aromatic N) is 1. The van der Waals surface area contributed by atoms with Crippen molar-refractivity contribution in [3.05, 3.63) is 24.3 Å². The number of ether oxygens (including phenoxy) is 2. The first-order valence-corrected chi connectivity index (χ1v) is 7.28. The third kappa shape index (κ3) is 6.09. The van der Waals surface area contributed by atoms with E-state index in [9.17, 15) is 18.0 Å². The molecule has 1 aromatic rings. The van der Waals surface area contributed by atoms with Crippen molar-refractivity contribution in [3.63, 3.8) is 0 Å². The molecule has 2 N–H and O–H groups in total. The average molecular weight is 369 g/mol. The van der Waals surface area contributed by atoms with Gasteiger partial charge in [0.05, 0.1) is 0 Å². The average Bonchev–Trinajstić information content (AvgIpc) is 2.99. The van der Waals surface area contributed by atoms with Crippen LogP contribution in [0.3, 0.4) is 0 Å². The molecule has 1 aliphatic rings. The molecule has 136 valence electrons. The summed E-state index contributed by atoms with van der Waals surface area (Å²) in [5, 5.41) is 0. The Labute approximate surface area is 144 Å². The van der Waals surface area contributed by atoms with Gasteiger partial charge >= 0.3 is 6.18 Å². The molecular weight excluding hydrogens is 349 g/mol. The number of alkyl halides is 3. The summed E-state index contributed by atoms with van der Waals surface area (Å²) in [5.41, 5.74) is 5.57. The van der Waals surface area contributed by atoms with Crippen LogP contribution in [0.1, 0.15) is 6.42 Å². The number of hydrogen-bond donors (Lipinski definition) is 1. The fourth-order valence-corrected chi connectivity index (χ4v) is 2.33. The van der Waals surface area contributed by atoms with Crippen LogP contribution in [0.4, 0.5) is 13.2 Å². The molecule has 5 nitrogen and oxygen atoms in total. The van der Waals surface area contributed by atoms with E-state index < -0.39 is 12.8 Å². The lowest BCUT2D eigenvalue weighted by molar-refractivity contribution is -0.153. The molecule has 1 amide bonds. The van der Waals surface area contributed by atoms with E-state index in [1.165, 1.54) is 18.2 Å². The smallest absolute Gasteiger partial charge is 0.422 e. The SMILES string of the molecule is Cl.NCC1CCN(C(=O)COc2ccccc2OCC(F)(F)F)C1. The predicted octanol–water partition coefficient (Wildman–Crippen LogP) is 2.24. The summed E-state index contributed by atoms with van der Waals surface area (Å²) in [6.07, 6.45) is -3.58. The molecule has 1 heterocycles. The summed E-state index contributed by atoms with van der Waals surface area (Å²) in [4.78, 5) is 13.7. The van der Waals surface area contributed by atoms with E-state index >= 15 is 0 Å². The maximum absolute atomic E-state index is 12.2. The van der Waals surface area contributed by atoms with Gasteiger partial charge in [-0.25, -0.2) is 0 Å². The molecular formula is C15H20ClF3N2O3. The van der Waals surface area contributed by atoms with Gasteiger partial charge in [0.2, 0.25) is 0 Å². The maximum Gasteiger partial charge on any atom is 0.422 e. The van der Waals surface area contributed by atoms with Gasteiger partial charge in [-0.2, -0.15) is 13.2 Å². The molecule has 1 aliphatic heterocycles. The van der Waals surface area contributed by atoms with Crippen LogP contribution in [-0.2, 0) is 4.79 Å². The topological polar surface area (TPSA) is 64.8 Å². The second-order valence-corrected chi connectivity index (χ2v) is 5.37. The van der Waals surface area contributed by atoms with E-state index in [0.717, 1.165) is 6.42 Å². The van der Waals surface area contributed by atoms with E-state index in [0.29, 0.717) is 25.6 Å². The van der Waals surface area contributed by atoms with Gasteiger partial charge in [-0.15, -0.1) is 12.4 Å². The highest BCUT2D eigenvalue weighted by Crippen LogP contribution is 2.28. The third-order valence-electron chi connectivity index (χ3n) is 3.56. The Hall–Kier alpha value is -1.67. The van der Waals surface area contributed by atoms with Crippen molar-refractivity contribution >= 4 is 18.3 Å². The first-order chi connectivity index (χ1) is 10.9. The fourth-order valence-electron chi connectivity index (χ4n) is 2.33. The van der Waals surface area contributed by atoms with Gasteiger partial charge in [0, 0.05) is 13.1 Å². The normalized spacial score (nSPS) is 17.3. The number of rotatable bonds is 6. The number of carbonyl (C=O) groups excluding carboxylic acids is 1. The summed E-state index contributed by atoms with van der Waals surface area (Å²) in [6, 6.07) is 5.96. The Kier molecular flexibility index (Phi) is 7.62. The third-order valence-corrected chi connectivity index (χ3v) is 3.56. The van der Waals surface area contributed by atoms with E-state index in [-0.39, 0.29) is 36.4 Å². The van der Waals surface area contributed by atoms with Crippen LogP contribution >= 0.6 is 12.4 Å². The molecule has 0 bridgehead atoms. The minimum atomic E-state index is -4.43. The first-order valence-electron chi connectivity index (χ1n) is 7.28. The predicted molar refractivity (Wildman–Crippen MR) is 84.5 cm³/mol. The number of nitrogens with two attached hydrogens (primary N) is 1. The number of benzene rings is 1. The molecule has 9 heteroatoms. The van der Waals surface area contributed by atoms with E-state index in [4.69, 9.17) is 15.2 Å². The lowest BCUT2D eigenvalue weighted by Crippen LogP contribution is -2.33. The molecule has 0 spiro atoms. The Balaban J connectivity index is 0.00000288. The Morgan fingerprint density at radius 1 is 1.25 bits per heavy atom. The molecule has 24 heavy (non-hydrogen) atoms. The van der Waals surface area contributed by atoms with Crippen LogP contribution in [-0.4, -0.2) is 49.8 Å². The van der Waals surface area contributed by atoms with Gasteiger partial charge in [-0.3, -0.25) is 4.79 Å². The van der Waals surface area contributed by atoms with Crippen molar-refractivity contribution in [2.24, 2.45) is 11.7 Å². The molecule has 0 aliphatic carbocycles. The van der Waals surface area contributed by atoms with Crippen molar-refractivity contribution in [1.29, 1.82) is 0 Å². The van der Waals surface area contributed by atoms with Crippen LogP contribution < -0.4 is 15.2 Å². The van der Waals surface area contributed by atoms with E-state index in [1.54, 1.807) is 11.0 Å². The largest absolute Gasteiger partial charge is 0.480 e. The Morgan fingerprint density at radius 2 is 1.88 bits per heavy atom. The number of likely N-dealkylation sites (tertiary alicyclic amines) is 1. The summed E-state index contributed by atoms with van der Waals surface area (Å²) < 4.78 is 46.7. The number of carbonyl (C=O) groups is 1. The molecule has 0 aromatic heterocycles. The van der Waals surface area contributed by atoms with Crippen LogP contribution in [0, 0.1) is 5.92 Å². The first kappa shape index (κ1) is 20.4. The maximum atomic E-state index is 12.2. The van der Waals surface area contributed by atoms with Crippen LogP contribution in [0.2, 0.25) is 0 Å². The van der Waals surface area contributed by atoms with Crippen molar-refractivity contribution < 1.29 is 27.4 Å². The molecule has 1 unspecified atom stereocenters. The molecule has 2 rings (SSSR count). The van der Waals surface area contributed by atoms with Gasteiger partial charge in [-0.1, -0.05) is 12.1 Å². The summed E-state index contributed by atoms with van der Waals surface area (Å²) >= 11 is 0. The molecule has 0 saturated carbocycles. The summed E-state index contributed by atoms with van der Waals surface area (Å²) in [7, 11) is 0. The minimum absolute atomic E-state index is 0. The summed E-state index contributed by atoms with van der Waals surface area (Å²) in [5.74, 6) is 0.145. The van der Waals surface area contributed by atoms with Gasteiger partial charge in [-0.05, 0) is 31.0 Å². The number of hydrogen-bond acceptors (Lipinski definition) is 4. The molecule has 1 aromatic carbocycles. The lowest BCUT2D eigenvalue weighted by atomic mass is 10.1. The van der Waals surface area contributed by atoms with E-state index in [1.807, 2.05) is 0 Å². The van der Waals surface area contributed by atoms with E-state index in [2.05, 4.69) is 0 Å². The van der Waals surface area contributed by atoms with Crippen molar-refractivity contribution in [2.75, 3.05) is 32.8 Å². The van der Waals surface area contributed by atoms with Crippen LogP contribution in [0.25, 0.3) is 0 Å². The zero-order valence-corrected chi connectivity index (χ0v) is 13.7. The van der Waals surface area contributed by atoms with Gasteiger partial charge in [0.1, 0.15) is 0 Å². The highest BCUT2D eigenvalue weighted by molar-refractivity contribution is 5.85. The Morgan fingerprint density at radius 3 is 2.42 bits per heavy atom. The number of halogens is 4. The van der Waals surface area contributed by atoms with Gasteiger partial charge < -0.3 is 20.1 Å². The summed E-state index contributed by atoms with van der Waals surface area (Å²) in [6.45, 7) is 0.0786. The molecule has 1 fully saturated rings. The lowest BCUT2D eigenvalue weighted by Gasteiger charge is -2.18. The van der Waals surface area contributed by atoms with Gasteiger partial charge in [0.15, 0.2) is 24.7 Å². The quantitative estimate of drug-likeness (QED) is 0.836. The number of amides is 1. The molecule has 0 radical (unpaired) electrons. The second-order valence-electron chi connectivity index (χ2n) is 5.37. The molecule has 1 atom stereocenters. The standard InChI is InChI=1S/C15H19F3N2O3.ClH/c16-15(17,18)10-23-13-4-2-1-3-12(13)22-9-14(21)20-6-5-11(7-19)8-20;/h1-4,11H,5-10,19H2;1H. The zero-order chi connectivity index (χ0) is 16.9. The van der Waals surface area contributed by atoms with Crippen LogP contribution in [0.15, 0.2) is 24.3 Å². The van der Waals surface area contributed by atoms with Gasteiger partial charge in [0.25, 0.3) is 5.91 Å². The Bertz CT molecular complexity index is 543. The highest BCUT2D eigenvalue weighted by Gasteiger charge is 2.29.